The Labute approximate surface area is 149 Å². The quantitative estimate of drug-likeness (QED) is 0.583. The van der Waals surface area contributed by atoms with Crippen LogP contribution in [0.2, 0.25) is 5.02 Å². The van der Waals surface area contributed by atoms with Crippen molar-refractivity contribution in [2.45, 2.75) is 13.0 Å². The Kier molecular flexibility index (Phi) is 3.98. The van der Waals surface area contributed by atoms with Crippen LogP contribution < -0.4 is 0 Å². The standard InChI is InChI=1S/C18H16ClN3OS/c1-11-4-2-3-5-15(11)20-21-17-14-8-12(19)6-7-16(14)22(18(17)23)13-9-24-10-13/h2-8,13,23H,9-10H2,1H3. The number of aromatic nitrogens is 1. The normalized spacial score (nSPS) is 15.2. The van der Waals surface area contributed by atoms with Crippen LogP contribution in [0.4, 0.5) is 11.4 Å². The van der Waals surface area contributed by atoms with E-state index in [0.717, 1.165) is 33.7 Å². The van der Waals surface area contributed by atoms with E-state index in [1.807, 2.05) is 65.7 Å². The molecule has 24 heavy (non-hydrogen) atoms. The van der Waals surface area contributed by atoms with Gasteiger partial charge in [-0.25, -0.2) is 0 Å². The summed E-state index contributed by atoms with van der Waals surface area (Å²) in [5.41, 5.74) is 3.26. The van der Waals surface area contributed by atoms with Crippen molar-refractivity contribution in [1.29, 1.82) is 0 Å². The number of thioether (sulfide) groups is 1. The Morgan fingerprint density at radius 1 is 1.17 bits per heavy atom. The van der Waals surface area contributed by atoms with E-state index >= 15 is 0 Å². The highest BCUT2D eigenvalue weighted by Gasteiger charge is 2.27. The predicted molar refractivity (Wildman–Crippen MR) is 100 cm³/mol. The van der Waals surface area contributed by atoms with Crippen molar-refractivity contribution in [3.8, 4) is 5.88 Å². The molecular formula is C18H16ClN3OS. The van der Waals surface area contributed by atoms with Crippen LogP contribution in [0.1, 0.15) is 11.6 Å². The molecule has 0 atom stereocenters. The van der Waals surface area contributed by atoms with Gasteiger partial charge in [-0.05, 0) is 36.8 Å². The molecule has 1 saturated heterocycles. The van der Waals surface area contributed by atoms with Crippen molar-refractivity contribution in [2.75, 3.05) is 11.5 Å². The van der Waals surface area contributed by atoms with Crippen molar-refractivity contribution in [3.05, 3.63) is 53.1 Å². The van der Waals surface area contributed by atoms with Crippen molar-refractivity contribution in [1.82, 2.24) is 4.57 Å². The Morgan fingerprint density at radius 2 is 1.96 bits per heavy atom. The number of fused-ring (bicyclic) bond motifs is 1. The van der Waals surface area contributed by atoms with Gasteiger partial charge in [0.2, 0.25) is 5.88 Å². The first-order chi connectivity index (χ1) is 11.6. The zero-order chi connectivity index (χ0) is 16.7. The summed E-state index contributed by atoms with van der Waals surface area (Å²) in [6, 6.07) is 13.7. The molecule has 4 rings (SSSR count). The van der Waals surface area contributed by atoms with Gasteiger partial charge in [0, 0.05) is 21.9 Å². The van der Waals surface area contributed by atoms with Gasteiger partial charge in [0.1, 0.15) is 0 Å². The maximum absolute atomic E-state index is 10.7. The van der Waals surface area contributed by atoms with Gasteiger partial charge in [-0.1, -0.05) is 29.8 Å². The number of benzene rings is 2. The highest BCUT2D eigenvalue weighted by Crippen LogP contribution is 2.45. The molecule has 2 aromatic carbocycles. The average Bonchev–Trinajstić information content (AvgIpc) is 2.77. The Balaban J connectivity index is 1.86. The monoisotopic (exact) mass is 357 g/mol. The molecule has 4 nitrogen and oxygen atoms in total. The minimum absolute atomic E-state index is 0.162. The van der Waals surface area contributed by atoms with E-state index in [9.17, 15) is 5.11 Å². The number of azo groups is 1. The molecule has 3 aromatic rings. The van der Waals surface area contributed by atoms with Crippen LogP contribution >= 0.6 is 23.4 Å². The topological polar surface area (TPSA) is 49.9 Å². The van der Waals surface area contributed by atoms with E-state index in [2.05, 4.69) is 10.2 Å². The molecule has 0 spiro atoms. The molecular weight excluding hydrogens is 342 g/mol. The summed E-state index contributed by atoms with van der Waals surface area (Å²) in [6.45, 7) is 1.99. The zero-order valence-electron chi connectivity index (χ0n) is 13.1. The van der Waals surface area contributed by atoms with E-state index in [1.54, 1.807) is 0 Å². The summed E-state index contributed by atoms with van der Waals surface area (Å²) >= 11 is 8.02. The summed E-state index contributed by atoms with van der Waals surface area (Å²) in [4.78, 5) is 0. The number of nitrogens with zero attached hydrogens (tertiary/aromatic N) is 3. The first-order valence-corrected chi connectivity index (χ1v) is 9.26. The first kappa shape index (κ1) is 15.5. The van der Waals surface area contributed by atoms with Crippen LogP contribution in [0.5, 0.6) is 5.88 Å². The smallest absolute Gasteiger partial charge is 0.221 e. The van der Waals surface area contributed by atoms with Gasteiger partial charge in [0.25, 0.3) is 0 Å². The maximum atomic E-state index is 10.7. The molecule has 0 aliphatic carbocycles. The summed E-state index contributed by atoms with van der Waals surface area (Å²) in [5.74, 6) is 2.15. The SMILES string of the molecule is Cc1ccccc1N=Nc1c(O)n(C2CSC2)c2ccc(Cl)cc12. The summed E-state index contributed by atoms with van der Waals surface area (Å²) in [6.07, 6.45) is 0. The van der Waals surface area contributed by atoms with Crippen LogP contribution in [0.15, 0.2) is 52.7 Å². The van der Waals surface area contributed by atoms with Crippen molar-refractivity contribution in [2.24, 2.45) is 10.2 Å². The lowest BCUT2D eigenvalue weighted by Gasteiger charge is -2.27. The van der Waals surface area contributed by atoms with E-state index in [-0.39, 0.29) is 5.88 Å². The van der Waals surface area contributed by atoms with Gasteiger partial charge in [-0.3, -0.25) is 0 Å². The molecule has 1 fully saturated rings. The van der Waals surface area contributed by atoms with Crippen LogP contribution in [0.25, 0.3) is 10.9 Å². The highest BCUT2D eigenvalue weighted by molar-refractivity contribution is 8.00. The Hall–Kier alpha value is -1.98. The predicted octanol–water partition coefficient (Wildman–Crippen LogP) is 6.01. The van der Waals surface area contributed by atoms with Gasteiger partial charge in [0.05, 0.1) is 17.2 Å². The minimum Gasteiger partial charge on any atom is -0.493 e. The van der Waals surface area contributed by atoms with Crippen molar-refractivity contribution in [3.63, 3.8) is 0 Å². The second-order valence-electron chi connectivity index (χ2n) is 5.88. The Bertz CT molecular complexity index is 947. The van der Waals surface area contributed by atoms with E-state index in [0.29, 0.717) is 16.8 Å². The summed E-state index contributed by atoms with van der Waals surface area (Å²) in [5, 5.41) is 20.9. The van der Waals surface area contributed by atoms with Crippen LogP contribution in [-0.2, 0) is 0 Å². The fourth-order valence-electron chi connectivity index (χ4n) is 2.88. The largest absolute Gasteiger partial charge is 0.493 e. The van der Waals surface area contributed by atoms with Crippen LogP contribution in [0, 0.1) is 6.92 Å². The van der Waals surface area contributed by atoms with Crippen LogP contribution in [0.3, 0.4) is 0 Å². The summed E-state index contributed by atoms with van der Waals surface area (Å²) < 4.78 is 1.95. The Morgan fingerprint density at radius 3 is 2.67 bits per heavy atom. The van der Waals surface area contributed by atoms with Crippen molar-refractivity contribution >= 4 is 45.6 Å². The van der Waals surface area contributed by atoms with Gasteiger partial charge < -0.3 is 9.67 Å². The number of halogens is 1. The molecule has 0 unspecified atom stereocenters. The highest BCUT2D eigenvalue weighted by atomic mass is 35.5. The van der Waals surface area contributed by atoms with Crippen molar-refractivity contribution < 1.29 is 5.11 Å². The zero-order valence-corrected chi connectivity index (χ0v) is 14.7. The third-order valence-corrected chi connectivity index (χ3v) is 5.75. The fourth-order valence-corrected chi connectivity index (χ4v) is 3.79. The molecule has 1 aliphatic heterocycles. The number of rotatable bonds is 3. The van der Waals surface area contributed by atoms with Gasteiger partial charge in [0.15, 0.2) is 5.69 Å². The lowest BCUT2D eigenvalue weighted by atomic mass is 10.2. The minimum atomic E-state index is 0.162. The number of hydrogen-bond acceptors (Lipinski definition) is 4. The third kappa shape index (κ3) is 2.58. The van der Waals surface area contributed by atoms with Gasteiger partial charge >= 0.3 is 0 Å². The van der Waals surface area contributed by atoms with E-state index in [1.165, 1.54) is 0 Å². The van der Waals surface area contributed by atoms with Crippen LogP contribution in [-0.4, -0.2) is 21.2 Å². The number of aryl methyl sites for hydroxylation is 1. The molecule has 122 valence electrons. The van der Waals surface area contributed by atoms with E-state index in [4.69, 9.17) is 11.6 Å². The molecule has 2 heterocycles. The molecule has 0 bridgehead atoms. The van der Waals surface area contributed by atoms with Gasteiger partial charge in [-0.2, -0.15) is 16.9 Å². The second kappa shape index (κ2) is 6.15. The molecule has 0 amide bonds. The summed E-state index contributed by atoms with van der Waals surface area (Å²) in [7, 11) is 0. The molecule has 1 aliphatic rings. The molecule has 0 saturated carbocycles. The second-order valence-corrected chi connectivity index (χ2v) is 7.39. The third-order valence-electron chi connectivity index (χ3n) is 4.27. The fraction of sp³-hybridized carbons (Fsp3) is 0.222. The average molecular weight is 358 g/mol. The molecule has 0 radical (unpaired) electrons. The molecule has 1 N–H and O–H groups in total. The lowest BCUT2D eigenvalue weighted by molar-refractivity contribution is 0.406. The van der Waals surface area contributed by atoms with Gasteiger partial charge in [-0.15, -0.1) is 5.11 Å². The number of hydrogen-bond donors (Lipinski definition) is 1. The molecule has 1 aromatic heterocycles. The molecule has 6 heteroatoms. The maximum Gasteiger partial charge on any atom is 0.221 e. The lowest BCUT2D eigenvalue weighted by Crippen LogP contribution is -2.22. The van der Waals surface area contributed by atoms with E-state index < -0.39 is 0 Å². The number of aromatic hydroxyl groups is 1. The first-order valence-electron chi connectivity index (χ1n) is 7.72.